The predicted octanol–water partition coefficient (Wildman–Crippen LogP) is 2.15. The van der Waals surface area contributed by atoms with Gasteiger partial charge in [0.25, 0.3) is 0 Å². The van der Waals surface area contributed by atoms with Crippen molar-refractivity contribution >= 4 is 19.4 Å². The molecule has 1 rings (SSSR count). The fraction of sp³-hybridized carbons (Fsp3) is 0.143. The highest BCUT2D eigenvalue weighted by molar-refractivity contribution is 6.30. The fourth-order valence-corrected chi connectivity index (χ4v) is 0.846. The summed E-state index contributed by atoms with van der Waals surface area (Å²) in [4.78, 5) is 0. The van der Waals surface area contributed by atoms with Crippen molar-refractivity contribution in [2.75, 3.05) is 0 Å². The highest BCUT2D eigenvalue weighted by Crippen LogP contribution is 2.13. The molecule has 2 radical (unpaired) electrons. The Bertz CT molecular complexity index is 237. The zero-order chi connectivity index (χ0) is 7.56. The van der Waals surface area contributed by atoms with Crippen LogP contribution in [0.1, 0.15) is 5.56 Å². The molecule has 0 bridgehead atoms. The maximum atomic E-state index is 12.7. The molecule has 0 aliphatic carbocycles. The molecule has 10 heavy (non-hydrogen) atoms. The molecule has 0 fully saturated rings. The van der Waals surface area contributed by atoms with Crippen LogP contribution in [0.15, 0.2) is 18.2 Å². The molecule has 0 heterocycles. The Morgan fingerprint density at radius 2 is 2.20 bits per heavy atom. The highest BCUT2D eigenvalue weighted by atomic mass is 35.5. The molecular weight excluding hydrogens is 149 g/mol. The molecule has 0 amide bonds. The molecule has 0 aliphatic heterocycles. The second-order valence-corrected chi connectivity index (χ2v) is 2.38. The Morgan fingerprint density at radius 3 is 2.70 bits per heavy atom. The lowest BCUT2D eigenvalue weighted by atomic mass is 9.97. The topological polar surface area (TPSA) is 0 Å². The van der Waals surface area contributed by atoms with E-state index in [-0.39, 0.29) is 12.1 Å². The third-order valence-electron chi connectivity index (χ3n) is 1.24. The summed E-state index contributed by atoms with van der Waals surface area (Å²) >= 11 is 5.49. The van der Waals surface area contributed by atoms with Crippen LogP contribution in [0.4, 0.5) is 4.39 Å². The third kappa shape index (κ3) is 1.51. The van der Waals surface area contributed by atoms with Crippen molar-refractivity contribution in [2.24, 2.45) is 0 Å². The summed E-state index contributed by atoms with van der Waals surface area (Å²) in [6.07, 6.45) is 0.211. The van der Waals surface area contributed by atoms with E-state index in [1.165, 1.54) is 6.07 Å². The van der Waals surface area contributed by atoms with Gasteiger partial charge in [-0.1, -0.05) is 24.0 Å². The van der Waals surface area contributed by atoms with Gasteiger partial charge in [0, 0.05) is 5.02 Å². The van der Waals surface area contributed by atoms with Crippen LogP contribution in [-0.2, 0) is 6.32 Å². The molecule has 0 nitrogen and oxygen atoms in total. The summed E-state index contributed by atoms with van der Waals surface area (Å²) in [7, 11) is 5.22. The first-order chi connectivity index (χ1) is 4.74. The first-order valence-electron chi connectivity index (χ1n) is 2.88. The lowest BCUT2D eigenvalue weighted by Crippen LogP contribution is -1.88. The largest absolute Gasteiger partial charge is 0.207 e. The van der Waals surface area contributed by atoms with Gasteiger partial charge in [-0.25, -0.2) is 4.39 Å². The van der Waals surface area contributed by atoms with Gasteiger partial charge >= 0.3 is 0 Å². The van der Waals surface area contributed by atoms with Crippen LogP contribution in [0.5, 0.6) is 0 Å². The Hall–Kier alpha value is -0.495. The van der Waals surface area contributed by atoms with Crippen molar-refractivity contribution in [3.63, 3.8) is 0 Å². The normalized spacial score (nSPS) is 9.80. The second-order valence-electron chi connectivity index (χ2n) is 1.94. The maximum Gasteiger partial charge on any atom is 0.127 e. The molecule has 0 spiro atoms. The van der Waals surface area contributed by atoms with E-state index in [2.05, 4.69) is 0 Å². The molecule has 0 N–H and O–H groups in total. The minimum atomic E-state index is -0.338. The smallest absolute Gasteiger partial charge is 0.127 e. The van der Waals surface area contributed by atoms with E-state index in [1.807, 2.05) is 0 Å². The monoisotopic (exact) mass is 154 g/mol. The van der Waals surface area contributed by atoms with E-state index in [9.17, 15) is 4.39 Å². The lowest BCUT2D eigenvalue weighted by Gasteiger charge is -1.97. The minimum Gasteiger partial charge on any atom is -0.207 e. The van der Waals surface area contributed by atoms with Crippen LogP contribution in [0.2, 0.25) is 5.02 Å². The molecule has 1 aromatic carbocycles. The molecule has 0 saturated carbocycles. The molecule has 50 valence electrons. The first-order valence-corrected chi connectivity index (χ1v) is 3.26. The Balaban J connectivity index is 3.07. The van der Waals surface area contributed by atoms with Gasteiger partial charge in [0.2, 0.25) is 0 Å². The Labute approximate surface area is 65.4 Å². The third-order valence-corrected chi connectivity index (χ3v) is 1.47. The molecule has 0 unspecified atom stereocenters. The molecule has 0 saturated heterocycles. The van der Waals surface area contributed by atoms with Crippen LogP contribution in [-0.4, -0.2) is 7.85 Å². The zero-order valence-electron chi connectivity index (χ0n) is 5.27. The summed E-state index contributed by atoms with van der Waals surface area (Å²) in [6, 6.07) is 4.45. The van der Waals surface area contributed by atoms with Crippen molar-refractivity contribution in [1.82, 2.24) is 0 Å². The van der Waals surface area contributed by atoms with Gasteiger partial charge in [-0.05, 0) is 17.7 Å². The summed E-state index contributed by atoms with van der Waals surface area (Å²) in [5.41, 5.74) is 0.490. The molecular formula is C7H5BClF. The van der Waals surface area contributed by atoms with Crippen molar-refractivity contribution in [2.45, 2.75) is 6.32 Å². The summed E-state index contributed by atoms with van der Waals surface area (Å²) < 4.78 is 12.7. The molecule has 0 aromatic heterocycles. The van der Waals surface area contributed by atoms with Crippen LogP contribution < -0.4 is 0 Å². The number of rotatable bonds is 1. The molecule has 3 heteroatoms. The zero-order valence-corrected chi connectivity index (χ0v) is 6.03. The van der Waals surface area contributed by atoms with Crippen molar-refractivity contribution in [3.8, 4) is 0 Å². The molecule has 0 atom stereocenters. The number of hydrogen-bond acceptors (Lipinski definition) is 0. The summed E-state index contributed by atoms with van der Waals surface area (Å²) in [5, 5.41) is 0.398. The number of benzene rings is 1. The van der Waals surface area contributed by atoms with Crippen LogP contribution >= 0.6 is 11.6 Å². The van der Waals surface area contributed by atoms with Gasteiger partial charge in [0.15, 0.2) is 0 Å². The van der Waals surface area contributed by atoms with E-state index < -0.39 is 0 Å². The predicted molar refractivity (Wildman–Crippen MR) is 40.9 cm³/mol. The molecule has 0 aliphatic rings. The van der Waals surface area contributed by atoms with Gasteiger partial charge in [-0.15, -0.1) is 0 Å². The minimum absolute atomic E-state index is 0.211. The van der Waals surface area contributed by atoms with Crippen molar-refractivity contribution < 1.29 is 4.39 Å². The number of hydrogen-bond donors (Lipinski definition) is 0. The summed E-state index contributed by atoms with van der Waals surface area (Å²) in [5.74, 6) is -0.338. The quantitative estimate of drug-likeness (QED) is 0.544. The lowest BCUT2D eigenvalue weighted by molar-refractivity contribution is 0.617. The van der Waals surface area contributed by atoms with Gasteiger partial charge in [-0.3, -0.25) is 0 Å². The van der Waals surface area contributed by atoms with Gasteiger partial charge in [-0.2, -0.15) is 0 Å². The Kier molecular flexibility index (Phi) is 2.33. The van der Waals surface area contributed by atoms with E-state index in [1.54, 1.807) is 12.1 Å². The SMILES string of the molecule is [B]Cc1ccc(Cl)cc1F. The van der Waals surface area contributed by atoms with Gasteiger partial charge in [0.05, 0.1) is 7.85 Å². The second kappa shape index (κ2) is 3.06. The number of halogens is 2. The standard InChI is InChI=1S/C7H5BClF/c8-4-5-1-2-6(9)3-7(5)10/h1-3H,4H2. The average Bonchev–Trinajstić information content (AvgIpc) is 1.88. The highest BCUT2D eigenvalue weighted by Gasteiger charge is 1.98. The fourth-order valence-electron chi connectivity index (χ4n) is 0.687. The van der Waals surface area contributed by atoms with E-state index in [0.29, 0.717) is 10.6 Å². The average molecular weight is 154 g/mol. The van der Waals surface area contributed by atoms with Crippen molar-refractivity contribution in [3.05, 3.63) is 34.6 Å². The van der Waals surface area contributed by atoms with Gasteiger partial charge in [0.1, 0.15) is 5.82 Å². The van der Waals surface area contributed by atoms with E-state index in [0.717, 1.165) is 0 Å². The molecule has 1 aromatic rings. The first kappa shape index (κ1) is 7.61. The van der Waals surface area contributed by atoms with Crippen LogP contribution in [0, 0.1) is 5.82 Å². The van der Waals surface area contributed by atoms with E-state index in [4.69, 9.17) is 19.4 Å². The Morgan fingerprint density at radius 1 is 1.50 bits per heavy atom. The van der Waals surface area contributed by atoms with Gasteiger partial charge < -0.3 is 0 Å². The van der Waals surface area contributed by atoms with Crippen LogP contribution in [0.3, 0.4) is 0 Å². The summed E-state index contributed by atoms with van der Waals surface area (Å²) in [6.45, 7) is 0. The van der Waals surface area contributed by atoms with E-state index >= 15 is 0 Å². The maximum absolute atomic E-state index is 12.7. The van der Waals surface area contributed by atoms with Crippen molar-refractivity contribution in [1.29, 1.82) is 0 Å². The van der Waals surface area contributed by atoms with Crippen LogP contribution in [0.25, 0.3) is 0 Å².